The van der Waals surface area contributed by atoms with Crippen LogP contribution in [0.5, 0.6) is 0 Å². The van der Waals surface area contributed by atoms with Crippen molar-refractivity contribution in [2.45, 2.75) is 51.1 Å². The van der Waals surface area contributed by atoms with E-state index in [1.165, 1.54) is 5.56 Å². The Morgan fingerprint density at radius 3 is 2.26 bits per heavy atom. The molecule has 1 aliphatic rings. The van der Waals surface area contributed by atoms with Crippen LogP contribution in [0, 0.1) is 0 Å². The second kappa shape index (κ2) is 10.1. The van der Waals surface area contributed by atoms with Gasteiger partial charge in [-0.15, -0.1) is 11.8 Å². The molecule has 0 bridgehead atoms. The molecule has 4 rings (SSSR count). The molecule has 176 valence electrons. The van der Waals surface area contributed by atoms with E-state index in [0.29, 0.717) is 17.9 Å². The van der Waals surface area contributed by atoms with E-state index in [0.717, 1.165) is 16.7 Å². The smallest absolute Gasteiger partial charge is 0.251 e. The van der Waals surface area contributed by atoms with E-state index in [2.05, 4.69) is 50.4 Å². The summed E-state index contributed by atoms with van der Waals surface area (Å²) in [4.78, 5) is 27.3. The summed E-state index contributed by atoms with van der Waals surface area (Å²) in [6, 6.07) is 26.0. The van der Waals surface area contributed by atoms with Crippen molar-refractivity contribution in [1.29, 1.82) is 0 Å². The van der Waals surface area contributed by atoms with Crippen molar-refractivity contribution >= 4 is 23.6 Å². The van der Waals surface area contributed by atoms with E-state index >= 15 is 0 Å². The molecule has 0 spiro atoms. The van der Waals surface area contributed by atoms with Crippen molar-refractivity contribution in [3.8, 4) is 0 Å². The third kappa shape index (κ3) is 5.53. The van der Waals surface area contributed by atoms with Gasteiger partial charge in [-0.25, -0.2) is 0 Å². The van der Waals surface area contributed by atoms with Crippen molar-refractivity contribution in [1.82, 2.24) is 10.2 Å². The fraction of sp³-hybridized carbons (Fsp3) is 0.310. The van der Waals surface area contributed by atoms with Crippen molar-refractivity contribution in [2.75, 3.05) is 5.75 Å². The SMILES string of the molecule is C[C@H](NC(=O)c1ccc([C@@H]2SCC(=O)N2Cc2ccccc2)cc1)c1ccc(C(C)(C)C)cc1. The number of thioether (sulfide) groups is 1. The number of nitrogens with one attached hydrogen (secondary N) is 1. The number of hydrogen-bond acceptors (Lipinski definition) is 3. The topological polar surface area (TPSA) is 49.4 Å². The highest BCUT2D eigenvalue weighted by Gasteiger charge is 2.32. The molecule has 1 N–H and O–H groups in total. The van der Waals surface area contributed by atoms with Gasteiger partial charge in [-0.2, -0.15) is 0 Å². The molecule has 0 unspecified atom stereocenters. The highest BCUT2D eigenvalue weighted by molar-refractivity contribution is 8.00. The molecule has 1 saturated heterocycles. The van der Waals surface area contributed by atoms with Gasteiger partial charge in [0.2, 0.25) is 5.91 Å². The Morgan fingerprint density at radius 1 is 1.00 bits per heavy atom. The summed E-state index contributed by atoms with van der Waals surface area (Å²) in [6.07, 6.45) is 0. The summed E-state index contributed by atoms with van der Waals surface area (Å²) in [5.74, 6) is 0.521. The van der Waals surface area contributed by atoms with Crippen LogP contribution >= 0.6 is 11.8 Å². The first-order chi connectivity index (χ1) is 16.2. The fourth-order valence-corrected chi connectivity index (χ4v) is 5.30. The Morgan fingerprint density at radius 2 is 1.65 bits per heavy atom. The predicted octanol–water partition coefficient (Wildman–Crippen LogP) is 6.25. The zero-order valence-electron chi connectivity index (χ0n) is 20.2. The molecule has 5 heteroatoms. The molecule has 1 aliphatic heterocycles. The molecule has 0 saturated carbocycles. The minimum Gasteiger partial charge on any atom is -0.346 e. The quantitative estimate of drug-likeness (QED) is 0.461. The van der Waals surface area contributed by atoms with Crippen LogP contribution in [0.4, 0.5) is 0 Å². The molecule has 34 heavy (non-hydrogen) atoms. The van der Waals surface area contributed by atoms with Gasteiger partial charge in [-0.3, -0.25) is 9.59 Å². The van der Waals surface area contributed by atoms with Crippen LogP contribution in [-0.2, 0) is 16.8 Å². The van der Waals surface area contributed by atoms with E-state index < -0.39 is 0 Å². The molecule has 4 nitrogen and oxygen atoms in total. The molecule has 0 aliphatic carbocycles. The van der Waals surface area contributed by atoms with Crippen LogP contribution in [0.1, 0.15) is 71.7 Å². The third-order valence-electron chi connectivity index (χ3n) is 6.25. The molecule has 2 amide bonds. The number of amides is 2. The Hall–Kier alpha value is -3.05. The molecule has 1 fully saturated rings. The lowest BCUT2D eigenvalue weighted by atomic mass is 9.86. The second-order valence-electron chi connectivity index (χ2n) is 9.86. The predicted molar refractivity (Wildman–Crippen MR) is 140 cm³/mol. The maximum atomic E-state index is 12.9. The van der Waals surface area contributed by atoms with E-state index in [4.69, 9.17) is 0 Å². The fourth-order valence-electron chi connectivity index (χ4n) is 4.12. The standard InChI is InChI=1S/C29H32N2O2S/c1-20(22-14-16-25(17-15-22)29(2,3)4)30-27(33)23-10-12-24(13-11-23)28-31(26(32)19-34-28)18-21-8-6-5-7-9-21/h5-17,20,28H,18-19H2,1-4H3,(H,30,33)/t20-,28-/m0/s1. The van der Waals surface area contributed by atoms with Crippen LogP contribution in [0.3, 0.4) is 0 Å². The average Bonchev–Trinajstić information content (AvgIpc) is 3.19. The Kier molecular flexibility index (Phi) is 7.13. The monoisotopic (exact) mass is 472 g/mol. The summed E-state index contributed by atoms with van der Waals surface area (Å²) in [7, 11) is 0. The number of rotatable bonds is 6. The first-order valence-corrected chi connectivity index (χ1v) is 12.7. The zero-order chi connectivity index (χ0) is 24.3. The van der Waals surface area contributed by atoms with Gasteiger partial charge in [0, 0.05) is 12.1 Å². The Balaban J connectivity index is 1.41. The van der Waals surface area contributed by atoms with Crippen LogP contribution in [0.15, 0.2) is 78.9 Å². The third-order valence-corrected chi connectivity index (χ3v) is 7.50. The summed E-state index contributed by atoms with van der Waals surface area (Å²) in [5.41, 5.74) is 5.22. The molecule has 2 atom stereocenters. The first kappa shape index (κ1) is 24.1. The molecule has 3 aromatic carbocycles. The van der Waals surface area contributed by atoms with Gasteiger partial charge < -0.3 is 10.2 Å². The highest BCUT2D eigenvalue weighted by Crippen LogP contribution is 2.39. The average molecular weight is 473 g/mol. The summed E-state index contributed by atoms with van der Waals surface area (Å²) in [6.45, 7) is 9.17. The number of benzene rings is 3. The number of hydrogen-bond donors (Lipinski definition) is 1. The maximum absolute atomic E-state index is 12.9. The van der Waals surface area contributed by atoms with E-state index in [-0.39, 0.29) is 28.6 Å². The van der Waals surface area contributed by atoms with E-state index in [9.17, 15) is 9.59 Å². The van der Waals surface area contributed by atoms with Crippen molar-refractivity contribution in [3.05, 3.63) is 107 Å². The number of carbonyl (C=O) groups is 2. The second-order valence-corrected chi connectivity index (χ2v) is 10.9. The van der Waals surface area contributed by atoms with E-state index in [1.54, 1.807) is 11.8 Å². The number of nitrogens with zero attached hydrogens (tertiary/aromatic N) is 1. The minimum atomic E-state index is -0.102. The van der Waals surface area contributed by atoms with Gasteiger partial charge in [-0.1, -0.05) is 87.5 Å². The maximum Gasteiger partial charge on any atom is 0.251 e. The lowest BCUT2D eigenvalue weighted by molar-refractivity contribution is -0.128. The van der Waals surface area contributed by atoms with Crippen LogP contribution in [0.25, 0.3) is 0 Å². The minimum absolute atomic E-state index is 0.0370. The Labute approximate surface area is 206 Å². The highest BCUT2D eigenvalue weighted by atomic mass is 32.2. The van der Waals surface area contributed by atoms with Crippen molar-refractivity contribution in [3.63, 3.8) is 0 Å². The van der Waals surface area contributed by atoms with Gasteiger partial charge >= 0.3 is 0 Å². The molecule has 0 radical (unpaired) electrons. The van der Waals surface area contributed by atoms with Gasteiger partial charge in [-0.05, 0) is 46.7 Å². The molecule has 1 heterocycles. The van der Waals surface area contributed by atoms with Crippen LogP contribution in [0.2, 0.25) is 0 Å². The lowest BCUT2D eigenvalue weighted by Crippen LogP contribution is -2.28. The molecule has 3 aromatic rings. The first-order valence-electron chi connectivity index (χ1n) is 11.7. The van der Waals surface area contributed by atoms with E-state index in [1.807, 2.05) is 66.4 Å². The van der Waals surface area contributed by atoms with Gasteiger partial charge in [0.1, 0.15) is 5.37 Å². The van der Waals surface area contributed by atoms with Crippen LogP contribution in [-0.4, -0.2) is 22.5 Å². The van der Waals surface area contributed by atoms with Gasteiger partial charge in [0.25, 0.3) is 5.91 Å². The molecular weight excluding hydrogens is 440 g/mol. The van der Waals surface area contributed by atoms with Crippen LogP contribution < -0.4 is 5.32 Å². The zero-order valence-corrected chi connectivity index (χ0v) is 21.1. The van der Waals surface area contributed by atoms with Crippen molar-refractivity contribution in [2.24, 2.45) is 0 Å². The summed E-state index contributed by atoms with van der Waals surface area (Å²) >= 11 is 1.63. The van der Waals surface area contributed by atoms with Gasteiger partial charge in [0.15, 0.2) is 0 Å². The number of carbonyl (C=O) groups excluding carboxylic acids is 2. The summed E-state index contributed by atoms with van der Waals surface area (Å²) < 4.78 is 0. The lowest BCUT2D eigenvalue weighted by Gasteiger charge is -2.24. The Bertz CT molecular complexity index is 1140. The molecular formula is C29H32N2O2S. The summed E-state index contributed by atoms with van der Waals surface area (Å²) in [5, 5.41) is 3.06. The largest absolute Gasteiger partial charge is 0.346 e. The normalized spacial score (nSPS) is 17.0. The van der Waals surface area contributed by atoms with Gasteiger partial charge in [0.05, 0.1) is 11.8 Å². The molecule has 0 aromatic heterocycles. The van der Waals surface area contributed by atoms with Crippen molar-refractivity contribution < 1.29 is 9.59 Å².